The van der Waals surface area contributed by atoms with E-state index in [1.54, 1.807) is 17.0 Å². The van der Waals surface area contributed by atoms with E-state index in [2.05, 4.69) is 4.72 Å². The van der Waals surface area contributed by atoms with Gasteiger partial charge in [0.05, 0.1) is 11.5 Å². The van der Waals surface area contributed by atoms with Crippen molar-refractivity contribution in [3.8, 4) is 0 Å². The van der Waals surface area contributed by atoms with Crippen molar-refractivity contribution in [3.05, 3.63) is 65.2 Å². The van der Waals surface area contributed by atoms with Gasteiger partial charge in [-0.3, -0.25) is 4.79 Å². The summed E-state index contributed by atoms with van der Waals surface area (Å²) in [6, 6.07) is 14.0. The molecular weight excluding hydrogens is 364 g/mol. The summed E-state index contributed by atoms with van der Waals surface area (Å²) >= 11 is 0. The summed E-state index contributed by atoms with van der Waals surface area (Å²) in [5.74, 6) is -0.199. The maximum atomic E-state index is 12.9. The third kappa shape index (κ3) is 5.63. The largest absolute Gasteiger partial charge is 0.383 e. The summed E-state index contributed by atoms with van der Waals surface area (Å²) in [6.45, 7) is 5.36. The highest BCUT2D eigenvalue weighted by molar-refractivity contribution is 7.89. The van der Waals surface area contributed by atoms with Gasteiger partial charge < -0.3 is 9.64 Å². The van der Waals surface area contributed by atoms with Gasteiger partial charge in [-0.1, -0.05) is 30.3 Å². The maximum absolute atomic E-state index is 12.9. The predicted octanol–water partition coefficient (Wildman–Crippen LogP) is 2.58. The molecule has 1 N–H and O–H groups in total. The van der Waals surface area contributed by atoms with Crippen LogP contribution in [0.3, 0.4) is 0 Å². The molecular formula is C20H26N2O4S. The standard InChI is InChI=1S/C20H26N2O4S/c1-4-22(15-18-9-6-5-8-16(18)2)20(23)17-10-7-11-19(14-17)27(24,25)21-12-13-26-3/h5-11,14,21H,4,12-13,15H2,1-3H3. The molecule has 146 valence electrons. The van der Waals surface area contributed by atoms with Crippen LogP contribution in [-0.2, 0) is 21.3 Å². The summed E-state index contributed by atoms with van der Waals surface area (Å²) in [6.07, 6.45) is 0. The molecule has 0 aliphatic rings. The number of nitrogens with zero attached hydrogens (tertiary/aromatic N) is 1. The van der Waals surface area contributed by atoms with E-state index in [-0.39, 0.29) is 24.0 Å². The number of carbonyl (C=O) groups excluding carboxylic acids is 1. The highest BCUT2D eigenvalue weighted by atomic mass is 32.2. The molecule has 7 heteroatoms. The van der Waals surface area contributed by atoms with E-state index in [9.17, 15) is 13.2 Å². The summed E-state index contributed by atoms with van der Waals surface area (Å²) in [4.78, 5) is 14.7. The zero-order valence-electron chi connectivity index (χ0n) is 15.9. The van der Waals surface area contributed by atoms with Crippen LogP contribution in [0.5, 0.6) is 0 Å². The molecule has 0 fully saturated rings. The molecule has 2 rings (SSSR count). The van der Waals surface area contributed by atoms with Crippen LogP contribution in [0.1, 0.15) is 28.4 Å². The minimum Gasteiger partial charge on any atom is -0.383 e. The quantitative estimate of drug-likeness (QED) is 0.668. The van der Waals surface area contributed by atoms with Crippen LogP contribution in [-0.4, -0.2) is 46.0 Å². The Balaban J connectivity index is 2.21. The lowest BCUT2D eigenvalue weighted by atomic mass is 10.1. The van der Waals surface area contributed by atoms with Gasteiger partial charge in [-0.25, -0.2) is 13.1 Å². The third-order valence-electron chi connectivity index (χ3n) is 4.28. The SMILES string of the molecule is CCN(Cc1ccccc1C)C(=O)c1cccc(S(=O)(=O)NCCOC)c1. The Morgan fingerprint density at radius 1 is 1.15 bits per heavy atom. The number of carbonyl (C=O) groups is 1. The summed E-state index contributed by atoms with van der Waals surface area (Å²) in [7, 11) is -2.19. The van der Waals surface area contributed by atoms with Gasteiger partial charge in [-0.05, 0) is 43.2 Å². The normalized spacial score (nSPS) is 11.4. The van der Waals surface area contributed by atoms with Gasteiger partial charge in [-0.15, -0.1) is 0 Å². The van der Waals surface area contributed by atoms with Crippen molar-refractivity contribution >= 4 is 15.9 Å². The van der Waals surface area contributed by atoms with E-state index in [4.69, 9.17) is 4.74 Å². The maximum Gasteiger partial charge on any atom is 0.254 e. The van der Waals surface area contributed by atoms with Crippen LogP contribution in [0.2, 0.25) is 0 Å². The minimum atomic E-state index is -3.69. The summed E-state index contributed by atoms with van der Waals surface area (Å²) in [5, 5.41) is 0. The molecule has 0 heterocycles. The van der Waals surface area contributed by atoms with Crippen LogP contribution in [0.25, 0.3) is 0 Å². The van der Waals surface area contributed by atoms with Crippen molar-refractivity contribution in [1.29, 1.82) is 0 Å². The van der Waals surface area contributed by atoms with Crippen molar-refractivity contribution < 1.29 is 17.9 Å². The zero-order valence-corrected chi connectivity index (χ0v) is 16.8. The smallest absolute Gasteiger partial charge is 0.254 e. The number of methoxy groups -OCH3 is 1. The molecule has 27 heavy (non-hydrogen) atoms. The Hall–Kier alpha value is -2.22. The Labute approximate surface area is 161 Å². The van der Waals surface area contributed by atoms with Crippen molar-refractivity contribution in [2.24, 2.45) is 0 Å². The van der Waals surface area contributed by atoms with Crippen LogP contribution in [0, 0.1) is 6.92 Å². The van der Waals surface area contributed by atoms with Crippen LogP contribution >= 0.6 is 0 Å². The Morgan fingerprint density at radius 2 is 1.89 bits per heavy atom. The molecule has 2 aromatic rings. The summed E-state index contributed by atoms with van der Waals surface area (Å²) < 4.78 is 32.0. The predicted molar refractivity (Wildman–Crippen MR) is 105 cm³/mol. The molecule has 0 aromatic heterocycles. The first-order valence-electron chi connectivity index (χ1n) is 8.81. The lowest BCUT2D eigenvalue weighted by Gasteiger charge is -2.22. The molecule has 0 bridgehead atoms. The Bertz CT molecular complexity index is 881. The van der Waals surface area contributed by atoms with E-state index >= 15 is 0 Å². The zero-order chi connectivity index (χ0) is 19.9. The molecule has 0 aliphatic carbocycles. The average molecular weight is 391 g/mol. The number of amides is 1. The van der Waals surface area contributed by atoms with Gasteiger partial charge in [0.15, 0.2) is 0 Å². The molecule has 1 amide bonds. The lowest BCUT2D eigenvalue weighted by molar-refractivity contribution is 0.0752. The van der Waals surface area contributed by atoms with Gasteiger partial charge in [0.25, 0.3) is 5.91 Å². The molecule has 0 unspecified atom stereocenters. The Kier molecular flexibility index (Phi) is 7.53. The van der Waals surface area contributed by atoms with E-state index in [1.807, 2.05) is 38.1 Å². The van der Waals surface area contributed by atoms with Crippen molar-refractivity contribution in [3.63, 3.8) is 0 Å². The molecule has 0 saturated carbocycles. The monoisotopic (exact) mass is 390 g/mol. The molecule has 2 aromatic carbocycles. The molecule has 6 nitrogen and oxygen atoms in total. The van der Waals surface area contributed by atoms with Crippen molar-refractivity contribution in [1.82, 2.24) is 9.62 Å². The number of ether oxygens (including phenoxy) is 1. The number of benzene rings is 2. The number of aryl methyl sites for hydroxylation is 1. The second kappa shape index (κ2) is 9.64. The Morgan fingerprint density at radius 3 is 2.56 bits per heavy atom. The number of rotatable bonds is 9. The van der Waals surface area contributed by atoms with Gasteiger partial charge in [0, 0.05) is 32.3 Å². The van der Waals surface area contributed by atoms with E-state index < -0.39 is 10.0 Å². The molecule has 0 saturated heterocycles. The first kappa shape index (κ1) is 21.1. The summed E-state index contributed by atoms with van der Waals surface area (Å²) in [5.41, 5.74) is 2.53. The topological polar surface area (TPSA) is 75.7 Å². The van der Waals surface area contributed by atoms with Crippen LogP contribution in [0.15, 0.2) is 53.4 Å². The highest BCUT2D eigenvalue weighted by Gasteiger charge is 2.19. The van der Waals surface area contributed by atoms with Gasteiger partial charge in [-0.2, -0.15) is 0 Å². The van der Waals surface area contributed by atoms with E-state index in [0.717, 1.165) is 11.1 Å². The fourth-order valence-corrected chi connectivity index (χ4v) is 3.72. The van der Waals surface area contributed by atoms with Crippen LogP contribution in [0.4, 0.5) is 0 Å². The number of sulfonamides is 1. The second-order valence-electron chi connectivity index (χ2n) is 6.16. The third-order valence-corrected chi connectivity index (χ3v) is 5.74. The fraction of sp³-hybridized carbons (Fsp3) is 0.350. The van der Waals surface area contributed by atoms with Crippen LogP contribution < -0.4 is 4.72 Å². The molecule has 0 spiro atoms. The van der Waals surface area contributed by atoms with E-state index in [1.165, 1.54) is 19.2 Å². The lowest BCUT2D eigenvalue weighted by Crippen LogP contribution is -2.31. The minimum absolute atomic E-state index is 0.0661. The fourth-order valence-electron chi connectivity index (χ4n) is 2.66. The van der Waals surface area contributed by atoms with Gasteiger partial charge in [0.2, 0.25) is 10.0 Å². The first-order valence-corrected chi connectivity index (χ1v) is 10.3. The number of hydrogen-bond acceptors (Lipinski definition) is 4. The molecule has 0 radical (unpaired) electrons. The van der Waals surface area contributed by atoms with Gasteiger partial charge in [0.1, 0.15) is 0 Å². The van der Waals surface area contributed by atoms with Gasteiger partial charge >= 0.3 is 0 Å². The molecule has 0 aliphatic heterocycles. The number of hydrogen-bond donors (Lipinski definition) is 1. The van der Waals surface area contributed by atoms with Crippen molar-refractivity contribution in [2.45, 2.75) is 25.3 Å². The van der Waals surface area contributed by atoms with Crippen molar-refractivity contribution in [2.75, 3.05) is 26.8 Å². The average Bonchev–Trinajstić information content (AvgIpc) is 2.67. The first-order chi connectivity index (χ1) is 12.9. The second-order valence-corrected chi connectivity index (χ2v) is 7.93. The highest BCUT2D eigenvalue weighted by Crippen LogP contribution is 2.16. The number of nitrogens with one attached hydrogen (secondary N) is 1. The molecule has 0 atom stereocenters. The van der Waals surface area contributed by atoms with E-state index in [0.29, 0.717) is 18.7 Å².